The molecule has 2 rings (SSSR count). The predicted molar refractivity (Wildman–Crippen MR) is 82.5 cm³/mol. The summed E-state index contributed by atoms with van der Waals surface area (Å²) in [6.07, 6.45) is 1.20. The summed E-state index contributed by atoms with van der Waals surface area (Å²) in [5.74, 6) is -0.231. The first kappa shape index (κ1) is 15.6. The van der Waals surface area contributed by atoms with E-state index in [0.29, 0.717) is 0 Å². The molecule has 0 aliphatic heterocycles. The minimum absolute atomic E-state index is 0.107. The molecule has 0 spiro atoms. The highest BCUT2D eigenvalue weighted by atomic mass is 35.5. The summed E-state index contributed by atoms with van der Waals surface area (Å²) < 4.78 is 0. The SMILES string of the molecule is Cc1cc(C)nc(NN=Cc2cc(Cl)cc([N+](=O)[O-])c2O)n1. The Labute approximate surface area is 130 Å². The topological polar surface area (TPSA) is 114 Å². The molecule has 0 aliphatic rings. The lowest BCUT2D eigenvalue weighted by Gasteiger charge is -2.03. The number of nitro groups is 1. The van der Waals surface area contributed by atoms with Gasteiger partial charge in [-0.3, -0.25) is 10.1 Å². The van der Waals surface area contributed by atoms with E-state index in [-0.39, 0.29) is 16.5 Å². The van der Waals surface area contributed by atoms with Crippen molar-refractivity contribution < 1.29 is 10.0 Å². The first-order chi connectivity index (χ1) is 10.4. The van der Waals surface area contributed by atoms with Crippen molar-refractivity contribution in [2.45, 2.75) is 13.8 Å². The van der Waals surface area contributed by atoms with Gasteiger partial charge in [0, 0.05) is 28.0 Å². The van der Waals surface area contributed by atoms with Crippen LogP contribution in [0.4, 0.5) is 11.6 Å². The van der Waals surface area contributed by atoms with Crippen LogP contribution in [0.1, 0.15) is 17.0 Å². The maximum atomic E-state index is 10.8. The molecule has 0 amide bonds. The largest absolute Gasteiger partial charge is 0.502 e. The van der Waals surface area contributed by atoms with Crippen LogP contribution in [0.2, 0.25) is 5.02 Å². The molecule has 114 valence electrons. The summed E-state index contributed by atoms with van der Waals surface area (Å²) in [4.78, 5) is 18.3. The van der Waals surface area contributed by atoms with Crippen LogP contribution in [0.15, 0.2) is 23.3 Å². The van der Waals surface area contributed by atoms with Crippen LogP contribution in [0.5, 0.6) is 5.75 Å². The van der Waals surface area contributed by atoms with Crippen molar-refractivity contribution >= 4 is 29.5 Å². The minimum Gasteiger partial charge on any atom is -0.502 e. The van der Waals surface area contributed by atoms with Gasteiger partial charge in [0.05, 0.1) is 11.1 Å². The normalized spacial score (nSPS) is 10.9. The average Bonchev–Trinajstić information content (AvgIpc) is 2.40. The number of aromatic hydroxyl groups is 1. The molecule has 2 N–H and O–H groups in total. The van der Waals surface area contributed by atoms with Crippen molar-refractivity contribution in [1.29, 1.82) is 0 Å². The molecule has 1 heterocycles. The molecule has 22 heavy (non-hydrogen) atoms. The number of nitro benzene ring substituents is 1. The third-order valence-electron chi connectivity index (χ3n) is 2.63. The van der Waals surface area contributed by atoms with Crippen LogP contribution in [-0.2, 0) is 0 Å². The lowest BCUT2D eigenvalue weighted by molar-refractivity contribution is -0.385. The molecule has 0 radical (unpaired) electrons. The molecule has 2 aromatic rings. The molecule has 8 nitrogen and oxygen atoms in total. The van der Waals surface area contributed by atoms with E-state index in [0.717, 1.165) is 17.5 Å². The molecule has 0 aliphatic carbocycles. The highest BCUT2D eigenvalue weighted by Crippen LogP contribution is 2.32. The zero-order chi connectivity index (χ0) is 16.3. The van der Waals surface area contributed by atoms with Gasteiger partial charge in [0.25, 0.3) is 0 Å². The molecule has 0 saturated carbocycles. The quantitative estimate of drug-likeness (QED) is 0.508. The number of anilines is 1. The van der Waals surface area contributed by atoms with E-state index in [9.17, 15) is 15.2 Å². The van der Waals surface area contributed by atoms with E-state index in [4.69, 9.17) is 11.6 Å². The molecular weight excluding hydrogens is 310 g/mol. The van der Waals surface area contributed by atoms with Crippen LogP contribution in [-0.4, -0.2) is 26.2 Å². The van der Waals surface area contributed by atoms with E-state index in [2.05, 4.69) is 20.5 Å². The fraction of sp³-hybridized carbons (Fsp3) is 0.154. The standard InChI is InChI=1S/C13H12ClN5O3/c1-7-3-8(2)17-13(16-7)18-15-6-9-4-10(14)5-11(12(9)20)19(21)22/h3-6,20H,1-2H3,(H,16,17,18). The number of hydrazone groups is 1. The van der Waals surface area contributed by atoms with Gasteiger partial charge >= 0.3 is 5.69 Å². The summed E-state index contributed by atoms with van der Waals surface area (Å²) in [6, 6.07) is 4.23. The first-order valence-corrected chi connectivity index (χ1v) is 6.53. The van der Waals surface area contributed by atoms with Gasteiger partial charge in [0.2, 0.25) is 11.7 Å². The van der Waals surface area contributed by atoms with Crippen molar-refractivity contribution in [3.05, 3.63) is 50.3 Å². The molecule has 9 heteroatoms. The van der Waals surface area contributed by atoms with Gasteiger partial charge in [0.15, 0.2) is 0 Å². The van der Waals surface area contributed by atoms with Crippen molar-refractivity contribution in [3.8, 4) is 5.75 Å². The van der Waals surface area contributed by atoms with Gasteiger partial charge < -0.3 is 5.11 Å². The zero-order valence-electron chi connectivity index (χ0n) is 11.7. The number of benzene rings is 1. The molecule has 1 aromatic carbocycles. The van der Waals surface area contributed by atoms with Gasteiger partial charge in [-0.25, -0.2) is 15.4 Å². The number of phenolic OH excluding ortho intramolecular Hbond substituents is 1. The third-order valence-corrected chi connectivity index (χ3v) is 2.85. The number of hydrogen-bond acceptors (Lipinski definition) is 7. The zero-order valence-corrected chi connectivity index (χ0v) is 12.5. The van der Waals surface area contributed by atoms with E-state index < -0.39 is 16.4 Å². The molecule has 1 aromatic heterocycles. The Bertz CT molecular complexity index is 743. The van der Waals surface area contributed by atoms with Crippen LogP contribution in [0, 0.1) is 24.0 Å². The van der Waals surface area contributed by atoms with E-state index in [1.807, 2.05) is 13.8 Å². The van der Waals surface area contributed by atoms with Gasteiger partial charge in [-0.05, 0) is 26.0 Å². The van der Waals surface area contributed by atoms with Crippen LogP contribution in [0.3, 0.4) is 0 Å². The Morgan fingerprint density at radius 2 is 1.95 bits per heavy atom. The van der Waals surface area contributed by atoms with E-state index >= 15 is 0 Å². The van der Waals surface area contributed by atoms with Crippen molar-refractivity contribution in [3.63, 3.8) is 0 Å². The molecule has 0 unspecified atom stereocenters. The number of phenols is 1. The molecule has 0 bridgehead atoms. The minimum atomic E-state index is -0.723. The highest BCUT2D eigenvalue weighted by molar-refractivity contribution is 6.31. The number of aryl methyl sites for hydroxylation is 2. The van der Waals surface area contributed by atoms with Crippen LogP contribution in [0.25, 0.3) is 0 Å². The van der Waals surface area contributed by atoms with Gasteiger partial charge in [0.1, 0.15) is 0 Å². The first-order valence-electron chi connectivity index (χ1n) is 6.15. The van der Waals surface area contributed by atoms with Gasteiger partial charge in [-0.2, -0.15) is 5.10 Å². The second-order valence-electron chi connectivity index (χ2n) is 4.46. The van der Waals surface area contributed by atoms with Crippen LogP contribution < -0.4 is 5.43 Å². The van der Waals surface area contributed by atoms with E-state index in [1.54, 1.807) is 6.07 Å². The number of nitrogens with zero attached hydrogens (tertiary/aromatic N) is 4. The lowest BCUT2D eigenvalue weighted by Crippen LogP contribution is -2.00. The molecule has 0 saturated heterocycles. The molecule has 0 atom stereocenters. The third kappa shape index (κ3) is 3.67. The lowest BCUT2D eigenvalue weighted by atomic mass is 10.2. The maximum absolute atomic E-state index is 10.8. The Kier molecular flexibility index (Phi) is 4.52. The number of nitrogens with one attached hydrogen (secondary N) is 1. The average molecular weight is 322 g/mol. The second kappa shape index (κ2) is 6.35. The Morgan fingerprint density at radius 1 is 1.32 bits per heavy atom. The monoisotopic (exact) mass is 321 g/mol. The second-order valence-corrected chi connectivity index (χ2v) is 4.90. The predicted octanol–water partition coefficient (Wildman–Crippen LogP) is 2.81. The number of rotatable bonds is 4. The van der Waals surface area contributed by atoms with Crippen molar-refractivity contribution in [2.75, 3.05) is 5.43 Å². The summed E-state index contributed by atoms with van der Waals surface area (Å²) >= 11 is 5.78. The maximum Gasteiger partial charge on any atom is 0.312 e. The fourth-order valence-electron chi connectivity index (χ4n) is 1.78. The van der Waals surface area contributed by atoms with E-state index in [1.165, 1.54) is 12.3 Å². The Morgan fingerprint density at radius 3 is 2.55 bits per heavy atom. The number of hydrogen-bond donors (Lipinski definition) is 2. The Hall–Kier alpha value is -2.74. The molecular formula is C13H12ClN5O3. The highest BCUT2D eigenvalue weighted by Gasteiger charge is 2.17. The molecule has 0 fully saturated rings. The van der Waals surface area contributed by atoms with Crippen molar-refractivity contribution in [2.24, 2.45) is 5.10 Å². The summed E-state index contributed by atoms with van der Waals surface area (Å²) in [5.41, 5.74) is 3.75. The summed E-state index contributed by atoms with van der Waals surface area (Å²) in [5, 5.41) is 24.6. The fourth-order valence-corrected chi connectivity index (χ4v) is 2.00. The Balaban J connectivity index is 2.25. The summed E-state index contributed by atoms with van der Waals surface area (Å²) in [7, 11) is 0. The smallest absolute Gasteiger partial charge is 0.312 e. The number of aromatic nitrogens is 2. The van der Waals surface area contributed by atoms with Gasteiger partial charge in [-0.15, -0.1) is 0 Å². The summed E-state index contributed by atoms with van der Waals surface area (Å²) in [6.45, 7) is 3.63. The number of halogens is 1. The van der Waals surface area contributed by atoms with Gasteiger partial charge in [-0.1, -0.05) is 11.6 Å². The van der Waals surface area contributed by atoms with Crippen LogP contribution >= 0.6 is 11.6 Å². The van der Waals surface area contributed by atoms with Crippen molar-refractivity contribution in [1.82, 2.24) is 9.97 Å².